The second kappa shape index (κ2) is 7.24. The van der Waals surface area contributed by atoms with Crippen LogP contribution in [0.4, 0.5) is 0 Å². The fourth-order valence-corrected chi connectivity index (χ4v) is 2.11. The number of hydrogen-bond donors (Lipinski definition) is 1. The Morgan fingerprint density at radius 2 is 2.00 bits per heavy atom. The molecule has 0 spiro atoms. The molecule has 90 valence electrons. The average molecular weight is 212 g/mol. The smallest absolute Gasteiger partial charge is 0.0217 e. The molecule has 0 aromatic rings. The monoisotopic (exact) mass is 212 g/mol. The van der Waals surface area contributed by atoms with E-state index < -0.39 is 0 Å². The van der Waals surface area contributed by atoms with E-state index >= 15 is 0 Å². The molecule has 1 aliphatic carbocycles. The van der Waals surface area contributed by atoms with Gasteiger partial charge in [-0.3, -0.25) is 0 Å². The van der Waals surface area contributed by atoms with Crippen LogP contribution < -0.4 is 5.32 Å². The van der Waals surface area contributed by atoms with Gasteiger partial charge in [-0.05, 0) is 45.2 Å². The Morgan fingerprint density at radius 1 is 1.27 bits per heavy atom. The predicted octanol–water partition coefficient (Wildman–Crippen LogP) is 2.50. The largest absolute Gasteiger partial charge is 0.315 e. The molecule has 0 amide bonds. The molecule has 0 aromatic carbocycles. The van der Waals surface area contributed by atoms with Gasteiger partial charge in [0, 0.05) is 19.1 Å². The molecule has 2 nitrogen and oxygen atoms in total. The van der Waals surface area contributed by atoms with Gasteiger partial charge in [0.25, 0.3) is 0 Å². The molecule has 0 heterocycles. The quantitative estimate of drug-likeness (QED) is 0.591. The first-order valence-corrected chi connectivity index (χ1v) is 6.68. The molecule has 1 fully saturated rings. The van der Waals surface area contributed by atoms with Gasteiger partial charge in [0.2, 0.25) is 0 Å². The van der Waals surface area contributed by atoms with E-state index in [1.54, 1.807) is 0 Å². The van der Waals surface area contributed by atoms with Crippen molar-refractivity contribution in [2.75, 3.05) is 26.7 Å². The van der Waals surface area contributed by atoms with Crippen LogP contribution in [0.15, 0.2) is 0 Å². The van der Waals surface area contributed by atoms with Crippen LogP contribution in [-0.2, 0) is 0 Å². The minimum absolute atomic E-state index is 0.752. The summed E-state index contributed by atoms with van der Waals surface area (Å²) >= 11 is 0. The predicted molar refractivity (Wildman–Crippen MR) is 67.2 cm³/mol. The molecule has 0 aromatic heterocycles. The highest BCUT2D eigenvalue weighted by atomic mass is 15.2. The van der Waals surface area contributed by atoms with Crippen LogP contribution in [-0.4, -0.2) is 37.6 Å². The zero-order valence-electron chi connectivity index (χ0n) is 10.8. The van der Waals surface area contributed by atoms with Crippen LogP contribution in [0.3, 0.4) is 0 Å². The van der Waals surface area contributed by atoms with Crippen molar-refractivity contribution in [2.45, 2.75) is 52.0 Å². The summed E-state index contributed by atoms with van der Waals surface area (Å²) in [6, 6.07) is 0.752. The zero-order chi connectivity index (χ0) is 11.1. The van der Waals surface area contributed by atoms with Gasteiger partial charge < -0.3 is 10.2 Å². The molecule has 0 radical (unpaired) electrons. The van der Waals surface area contributed by atoms with Gasteiger partial charge in [-0.15, -0.1) is 0 Å². The number of nitrogens with one attached hydrogen (secondary N) is 1. The lowest BCUT2D eigenvalue weighted by molar-refractivity contribution is 0.215. The zero-order valence-corrected chi connectivity index (χ0v) is 10.8. The second-order valence-corrected chi connectivity index (χ2v) is 5.03. The van der Waals surface area contributed by atoms with Gasteiger partial charge in [-0.25, -0.2) is 0 Å². The number of likely N-dealkylation sites (N-methyl/N-ethyl adjacent to an activating group) is 1. The standard InChI is InChI=1S/C13H28N2/c1-4-6-13(10-14-9-5-2)15(3)11-12-7-8-12/h12-14H,4-11H2,1-3H3. The summed E-state index contributed by atoms with van der Waals surface area (Å²) < 4.78 is 0. The summed E-state index contributed by atoms with van der Waals surface area (Å²) in [6.45, 7) is 8.17. The second-order valence-electron chi connectivity index (χ2n) is 5.03. The Labute approximate surface area is 95.4 Å². The minimum Gasteiger partial charge on any atom is -0.315 e. The molecule has 1 rings (SSSR count). The van der Waals surface area contributed by atoms with E-state index in [0.717, 1.165) is 18.5 Å². The highest BCUT2D eigenvalue weighted by Gasteiger charge is 2.25. The summed E-state index contributed by atoms with van der Waals surface area (Å²) in [4.78, 5) is 2.57. The Kier molecular flexibility index (Phi) is 6.26. The molecule has 0 aliphatic heterocycles. The van der Waals surface area contributed by atoms with E-state index in [9.17, 15) is 0 Å². The molecule has 0 saturated heterocycles. The molecular formula is C13H28N2. The number of rotatable bonds is 9. The van der Waals surface area contributed by atoms with E-state index in [1.807, 2.05) is 0 Å². The SMILES string of the molecule is CCCNCC(CCC)N(C)CC1CC1. The fraction of sp³-hybridized carbons (Fsp3) is 1.00. The first-order valence-electron chi connectivity index (χ1n) is 6.68. The molecule has 1 N–H and O–H groups in total. The van der Waals surface area contributed by atoms with E-state index in [-0.39, 0.29) is 0 Å². The Bertz CT molecular complexity index is 155. The van der Waals surface area contributed by atoms with Crippen LogP contribution in [0.1, 0.15) is 46.0 Å². The Balaban J connectivity index is 2.19. The Morgan fingerprint density at radius 3 is 2.53 bits per heavy atom. The fourth-order valence-electron chi connectivity index (χ4n) is 2.11. The van der Waals surface area contributed by atoms with Gasteiger partial charge in [-0.2, -0.15) is 0 Å². The van der Waals surface area contributed by atoms with Crippen LogP contribution in [0.5, 0.6) is 0 Å². The first-order chi connectivity index (χ1) is 7.27. The van der Waals surface area contributed by atoms with E-state index in [1.165, 1.54) is 45.2 Å². The summed E-state index contributed by atoms with van der Waals surface area (Å²) in [6.07, 6.45) is 6.80. The molecule has 0 bridgehead atoms. The van der Waals surface area contributed by atoms with Gasteiger partial charge in [0.15, 0.2) is 0 Å². The van der Waals surface area contributed by atoms with Crippen LogP contribution in [0.25, 0.3) is 0 Å². The van der Waals surface area contributed by atoms with Crippen molar-refractivity contribution in [1.29, 1.82) is 0 Å². The lowest BCUT2D eigenvalue weighted by Gasteiger charge is -2.28. The Hall–Kier alpha value is -0.0800. The first kappa shape index (κ1) is 13.0. The van der Waals surface area contributed by atoms with Crippen LogP contribution >= 0.6 is 0 Å². The third kappa shape index (κ3) is 5.53. The van der Waals surface area contributed by atoms with Gasteiger partial charge in [0.1, 0.15) is 0 Å². The van der Waals surface area contributed by atoms with E-state index in [2.05, 4.69) is 31.1 Å². The molecule has 1 atom stereocenters. The van der Waals surface area contributed by atoms with Crippen molar-refractivity contribution in [2.24, 2.45) is 5.92 Å². The number of hydrogen-bond acceptors (Lipinski definition) is 2. The van der Waals surface area contributed by atoms with Crippen molar-refractivity contribution >= 4 is 0 Å². The maximum absolute atomic E-state index is 3.55. The van der Waals surface area contributed by atoms with Gasteiger partial charge >= 0.3 is 0 Å². The molecule has 1 aliphatic rings. The maximum atomic E-state index is 3.55. The molecular weight excluding hydrogens is 184 g/mol. The van der Waals surface area contributed by atoms with Crippen molar-refractivity contribution < 1.29 is 0 Å². The van der Waals surface area contributed by atoms with E-state index in [4.69, 9.17) is 0 Å². The molecule has 2 heteroatoms. The summed E-state index contributed by atoms with van der Waals surface area (Å²) in [5, 5.41) is 3.55. The topological polar surface area (TPSA) is 15.3 Å². The van der Waals surface area contributed by atoms with Gasteiger partial charge in [0.05, 0.1) is 0 Å². The van der Waals surface area contributed by atoms with Crippen LogP contribution in [0, 0.1) is 5.92 Å². The molecule has 15 heavy (non-hydrogen) atoms. The number of nitrogens with zero attached hydrogens (tertiary/aromatic N) is 1. The lowest BCUT2D eigenvalue weighted by Crippen LogP contribution is -2.41. The lowest BCUT2D eigenvalue weighted by atomic mass is 10.1. The maximum Gasteiger partial charge on any atom is 0.0217 e. The van der Waals surface area contributed by atoms with Crippen molar-refractivity contribution in [3.8, 4) is 0 Å². The molecule has 1 unspecified atom stereocenters. The van der Waals surface area contributed by atoms with Crippen molar-refractivity contribution in [3.05, 3.63) is 0 Å². The van der Waals surface area contributed by atoms with Crippen LogP contribution in [0.2, 0.25) is 0 Å². The summed E-state index contributed by atoms with van der Waals surface area (Å²) in [5.74, 6) is 1.01. The third-order valence-electron chi connectivity index (χ3n) is 3.30. The highest BCUT2D eigenvalue weighted by molar-refractivity contribution is 4.80. The minimum atomic E-state index is 0.752. The van der Waals surface area contributed by atoms with Crippen molar-refractivity contribution in [3.63, 3.8) is 0 Å². The van der Waals surface area contributed by atoms with E-state index in [0.29, 0.717) is 0 Å². The molecule has 1 saturated carbocycles. The third-order valence-corrected chi connectivity index (χ3v) is 3.30. The highest BCUT2D eigenvalue weighted by Crippen LogP contribution is 2.30. The average Bonchev–Trinajstić information content (AvgIpc) is 3.00. The van der Waals surface area contributed by atoms with Gasteiger partial charge in [-0.1, -0.05) is 20.3 Å². The van der Waals surface area contributed by atoms with Crippen molar-refractivity contribution in [1.82, 2.24) is 10.2 Å². The normalized spacial score (nSPS) is 18.4. The summed E-state index contributed by atoms with van der Waals surface area (Å²) in [7, 11) is 2.30. The summed E-state index contributed by atoms with van der Waals surface area (Å²) in [5.41, 5.74) is 0.